The zero-order valence-electron chi connectivity index (χ0n) is 11.9. The average Bonchev–Trinajstić information content (AvgIpc) is 2.90. The van der Waals surface area contributed by atoms with Gasteiger partial charge in [-0.3, -0.25) is 10.1 Å². The van der Waals surface area contributed by atoms with Crippen LogP contribution in [0.2, 0.25) is 0 Å². The Hall–Kier alpha value is -2.38. The molecule has 0 spiro atoms. The summed E-state index contributed by atoms with van der Waals surface area (Å²) in [6.07, 6.45) is 0. The van der Waals surface area contributed by atoms with Gasteiger partial charge in [0.25, 0.3) is 0 Å². The fourth-order valence-corrected chi connectivity index (χ4v) is 1.97. The van der Waals surface area contributed by atoms with Gasteiger partial charge >= 0.3 is 5.69 Å². The molecule has 8 heteroatoms. The average molecular weight is 279 g/mol. The molecule has 2 rings (SSSR count). The number of nitro groups is 1. The lowest BCUT2D eigenvalue weighted by Crippen LogP contribution is -2.10. The van der Waals surface area contributed by atoms with Gasteiger partial charge in [0.15, 0.2) is 5.76 Å². The fraction of sp³-hybridized carbons (Fsp3) is 0.500. The quantitative estimate of drug-likeness (QED) is 0.667. The summed E-state index contributed by atoms with van der Waals surface area (Å²) in [5, 5.41) is 22.2. The first-order valence-electron chi connectivity index (χ1n) is 6.29. The van der Waals surface area contributed by atoms with E-state index in [1.165, 1.54) is 0 Å². The largest absolute Gasteiger partial charge is 0.359 e. The van der Waals surface area contributed by atoms with Crippen molar-refractivity contribution >= 4 is 11.5 Å². The van der Waals surface area contributed by atoms with Gasteiger partial charge in [0.2, 0.25) is 5.82 Å². The van der Waals surface area contributed by atoms with E-state index in [-0.39, 0.29) is 11.7 Å². The molecule has 0 amide bonds. The van der Waals surface area contributed by atoms with Gasteiger partial charge in [0.1, 0.15) is 5.69 Å². The number of nitrogens with zero attached hydrogens (tertiary/aromatic N) is 4. The molecule has 0 atom stereocenters. The lowest BCUT2D eigenvalue weighted by Gasteiger charge is -2.10. The van der Waals surface area contributed by atoms with Crippen LogP contribution in [0.4, 0.5) is 11.5 Å². The van der Waals surface area contributed by atoms with Gasteiger partial charge in [-0.15, -0.1) is 0 Å². The number of rotatable bonds is 5. The van der Waals surface area contributed by atoms with Crippen molar-refractivity contribution in [3.8, 4) is 0 Å². The summed E-state index contributed by atoms with van der Waals surface area (Å²) in [5.74, 6) is 1.00. The molecular weight excluding hydrogens is 262 g/mol. The molecule has 8 nitrogen and oxygen atoms in total. The van der Waals surface area contributed by atoms with Crippen molar-refractivity contribution in [2.24, 2.45) is 0 Å². The molecule has 0 fully saturated rings. The summed E-state index contributed by atoms with van der Waals surface area (Å²) in [6, 6.07) is 1.79. The lowest BCUT2D eigenvalue weighted by atomic mass is 10.3. The summed E-state index contributed by atoms with van der Waals surface area (Å²) in [6.45, 7) is 7.60. The number of aryl methyl sites for hydroxylation is 2. The Morgan fingerprint density at radius 2 is 2.20 bits per heavy atom. The van der Waals surface area contributed by atoms with Gasteiger partial charge in [-0.05, 0) is 27.7 Å². The molecule has 20 heavy (non-hydrogen) atoms. The Kier molecular flexibility index (Phi) is 3.73. The minimum atomic E-state index is -0.421. The van der Waals surface area contributed by atoms with Crippen LogP contribution in [0.1, 0.15) is 37.0 Å². The smallest absolute Gasteiger partial charge is 0.333 e. The second kappa shape index (κ2) is 5.32. The van der Waals surface area contributed by atoms with Crippen molar-refractivity contribution in [2.45, 2.75) is 40.3 Å². The van der Waals surface area contributed by atoms with E-state index in [4.69, 9.17) is 4.52 Å². The summed E-state index contributed by atoms with van der Waals surface area (Å²) in [7, 11) is 0. The maximum Gasteiger partial charge on any atom is 0.333 e. The second-order valence-electron chi connectivity index (χ2n) is 4.87. The van der Waals surface area contributed by atoms with Crippen molar-refractivity contribution in [3.63, 3.8) is 0 Å². The third-order valence-corrected chi connectivity index (χ3v) is 2.83. The Bertz CT molecular complexity index is 629. The zero-order chi connectivity index (χ0) is 14.9. The molecule has 0 saturated carbocycles. The highest BCUT2D eigenvalue weighted by molar-refractivity contribution is 5.59. The van der Waals surface area contributed by atoms with E-state index in [1.54, 1.807) is 17.7 Å². The van der Waals surface area contributed by atoms with Crippen LogP contribution in [0.5, 0.6) is 0 Å². The Labute approximate surface area is 115 Å². The third kappa shape index (κ3) is 2.63. The minimum Gasteiger partial charge on any atom is -0.359 e. The van der Waals surface area contributed by atoms with Gasteiger partial charge in [-0.2, -0.15) is 5.10 Å². The van der Waals surface area contributed by atoms with Gasteiger partial charge in [-0.25, -0.2) is 4.68 Å². The van der Waals surface area contributed by atoms with Crippen molar-refractivity contribution < 1.29 is 9.45 Å². The summed E-state index contributed by atoms with van der Waals surface area (Å²) in [4.78, 5) is 10.7. The van der Waals surface area contributed by atoms with Gasteiger partial charge in [0.05, 0.1) is 17.2 Å². The normalized spacial score (nSPS) is 11.1. The molecule has 0 aromatic carbocycles. The topological polar surface area (TPSA) is 99.0 Å². The van der Waals surface area contributed by atoms with E-state index in [0.717, 1.165) is 5.69 Å². The van der Waals surface area contributed by atoms with E-state index in [1.807, 2.05) is 20.8 Å². The maximum atomic E-state index is 11.2. The number of hydrogen-bond acceptors (Lipinski definition) is 6. The fourth-order valence-electron chi connectivity index (χ4n) is 1.97. The zero-order valence-corrected chi connectivity index (χ0v) is 11.9. The number of hydrogen-bond donors (Lipinski definition) is 1. The monoisotopic (exact) mass is 279 g/mol. The van der Waals surface area contributed by atoms with E-state index in [0.29, 0.717) is 23.8 Å². The van der Waals surface area contributed by atoms with Crippen LogP contribution in [0.3, 0.4) is 0 Å². The van der Waals surface area contributed by atoms with Crippen molar-refractivity contribution in [2.75, 3.05) is 5.32 Å². The molecule has 2 aromatic heterocycles. The SMILES string of the molecule is Cc1cc(CNc2c([N+](=O)[O-])c(C)nn2C(C)C)on1. The van der Waals surface area contributed by atoms with E-state index < -0.39 is 4.92 Å². The van der Waals surface area contributed by atoms with Crippen LogP contribution < -0.4 is 5.32 Å². The highest BCUT2D eigenvalue weighted by atomic mass is 16.6. The minimum absolute atomic E-state index is 0.00469. The first-order chi connectivity index (χ1) is 9.40. The summed E-state index contributed by atoms with van der Waals surface area (Å²) >= 11 is 0. The molecule has 1 N–H and O–H groups in total. The molecular formula is C12H17N5O3. The molecule has 0 unspecified atom stereocenters. The lowest BCUT2D eigenvalue weighted by molar-refractivity contribution is -0.384. The van der Waals surface area contributed by atoms with E-state index in [9.17, 15) is 10.1 Å². The van der Waals surface area contributed by atoms with Gasteiger partial charge < -0.3 is 9.84 Å². The second-order valence-corrected chi connectivity index (χ2v) is 4.87. The molecule has 0 bridgehead atoms. The number of aromatic nitrogens is 3. The molecule has 2 aromatic rings. The van der Waals surface area contributed by atoms with Crippen molar-refractivity contribution in [3.05, 3.63) is 33.3 Å². The van der Waals surface area contributed by atoms with Crippen LogP contribution in [0.25, 0.3) is 0 Å². The highest BCUT2D eigenvalue weighted by Gasteiger charge is 2.26. The molecule has 0 saturated heterocycles. The first kappa shape index (κ1) is 14.0. The van der Waals surface area contributed by atoms with Crippen LogP contribution >= 0.6 is 0 Å². The number of anilines is 1. The predicted octanol–water partition coefficient (Wildman–Crippen LogP) is 2.59. The summed E-state index contributed by atoms with van der Waals surface area (Å²) < 4.78 is 6.69. The molecule has 0 aliphatic rings. The van der Waals surface area contributed by atoms with E-state index in [2.05, 4.69) is 15.6 Å². The van der Waals surface area contributed by atoms with Gasteiger partial charge in [-0.1, -0.05) is 5.16 Å². The van der Waals surface area contributed by atoms with Crippen LogP contribution in [-0.2, 0) is 6.54 Å². The Morgan fingerprint density at radius 1 is 1.50 bits per heavy atom. The predicted molar refractivity (Wildman–Crippen MR) is 72.6 cm³/mol. The standard InChI is InChI=1S/C12H17N5O3/c1-7(2)16-12(11(17(18)19)9(4)14-16)13-6-10-5-8(3)15-20-10/h5,7,13H,6H2,1-4H3. The summed E-state index contributed by atoms with van der Waals surface area (Å²) in [5.41, 5.74) is 1.15. The van der Waals surface area contributed by atoms with Crippen LogP contribution in [-0.4, -0.2) is 19.9 Å². The Balaban J connectivity index is 2.31. The van der Waals surface area contributed by atoms with Crippen molar-refractivity contribution in [1.82, 2.24) is 14.9 Å². The molecule has 0 aliphatic carbocycles. The van der Waals surface area contributed by atoms with Crippen LogP contribution in [0.15, 0.2) is 10.6 Å². The van der Waals surface area contributed by atoms with E-state index >= 15 is 0 Å². The molecule has 0 aliphatic heterocycles. The highest BCUT2D eigenvalue weighted by Crippen LogP contribution is 2.30. The number of nitrogens with one attached hydrogen (secondary N) is 1. The molecule has 0 radical (unpaired) electrons. The molecule has 2 heterocycles. The maximum absolute atomic E-state index is 11.2. The van der Waals surface area contributed by atoms with Crippen LogP contribution in [0, 0.1) is 24.0 Å². The molecule has 108 valence electrons. The van der Waals surface area contributed by atoms with Gasteiger partial charge in [0, 0.05) is 12.1 Å². The van der Waals surface area contributed by atoms with Crippen molar-refractivity contribution in [1.29, 1.82) is 0 Å². The Morgan fingerprint density at radius 3 is 2.70 bits per heavy atom. The third-order valence-electron chi connectivity index (χ3n) is 2.83. The first-order valence-corrected chi connectivity index (χ1v) is 6.29.